The Labute approximate surface area is 180 Å². The zero-order chi connectivity index (χ0) is 21.3. The molecule has 2 aromatic rings. The van der Waals surface area contributed by atoms with Gasteiger partial charge < -0.3 is 19.8 Å². The van der Waals surface area contributed by atoms with Crippen LogP contribution in [0.3, 0.4) is 0 Å². The van der Waals surface area contributed by atoms with Gasteiger partial charge in [-0.15, -0.1) is 0 Å². The average molecular weight is 428 g/mol. The van der Waals surface area contributed by atoms with Crippen LogP contribution in [-0.4, -0.2) is 89.9 Å². The average Bonchev–Trinajstić information content (AvgIpc) is 3.60. The van der Waals surface area contributed by atoms with E-state index in [1.54, 1.807) is 6.07 Å². The Kier molecular flexibility index (Phi) is 5.75. The van der Waals surface area contributed by atoms with Gasteiger partial charge in [0.1, 0.15) is 11.9 Å². The highest BCUT2D eigenvalue weighted by atomic mass is 16.5. The number of rotatable bonds is 6. The maximum Gasteiger partial charge on any atom is 0.258 e. The Balaban J connectivity index is 1.18. The molecule has 5 rings (SSSR count). The van der Waals surface area contributed by atoms with Gasteiger partial charge in [-0.1, -0.05) is 12.1 Å². The van der Waals surface area contributed by atoms with E-state index in [2.05, 4.69) is 25.1 Å². The molecule has 2 saturated heterocycles. The van der Waals surface area contributed by atoms with Crippen LogP contribution in [0.5, 0.6) is 0 Å². The van der Waals surface area contributed by atoms with E-state index in [1.807, 2.05) is 18.2 Å². The van der Waals surface area contributed by atoms with E-state index < -0.39 is 6.10 Å². The van der Waals surface area contributed by atoms with Crippen LogP contribution < -0.4 is 10.9 Å². The number of nitrogens with one attached hydrogen (secondary N) is 2. The second-order valence-corrected chi connectivity index (χ2v) is 8.67. The Morgan fingerprint density at radius 3 is 2.81 bits per heavy atom. The monoisotopic (exact) mass is 427 g/mol. The molecule has 1 unspecified atom stereocenters. The summed E-state index contributed by atoms with van der Waals surface area (Å²) in [6.45, 7) is 6.18. The van der Waals surface area contributed by atoms with Gasteiger partial charge in [0.25, 0.3) is 11.5 Å². The summed E-state index contributed by atoms with van der Waals surface area (Å²) in [6.07, 6.45) is 1.72. The van der Waals surface area contributed by atoms with Crippen molar-refractivity contribution in [3.63, 3.8) is 0 Å². The standard InChI is InChI=1S/C22H29N5O4/c28-20-16-3-1-2-4-17(16)24-19(25-20)14-26-7-12-31-18(13-26)21(29)23-15-22(5-6-22)27-8-10-30-11-9-27/h1-4,18H,5-15H2,(H,23,29)(H,24,25,28). The first-order valence-electron chi connectivity index (χ1n) is 11.1. The molecule has 1 aromatic heterocycles. The maximum atomic E-state index is 12.8. The summed E-state index contributed by atoms with van der Waals surface area (Å²) in [7, 11) is 0. The first-order chi connectivity index (χ1) is 15.1. The molecule has 1 saturated carbocycles. The second kappa shape index (κ2) is 8.66. The number of ether oxygens (including phenoxy) is 2. The van der Waals surface area contributed by atoms with E-state index in [1.165, 1.54) is 0 Å². The molecule has 1 aliphatic carbocycles. The van der Waals surface area contributed by atoms with Gasteiger partial charge in [0.2, 0.25) is 0 Å². The van der Waals surface area contributed by atoms with Gasteiger partial charge in [0.05, 0.1) is 37.3 Å². The molecule has 0 spiro atoms. The maximum absolute atomic E-state index is 12.8. The van der Waals surface area contributed by atoms with Crippen molar-refractivity contribution < 1.29 is 14.3 Å². The number of carbonyl (C=O) groups is 1. The third kappa shape index (κ3) is 4.50. The zero-order valence-electron chi connectivity index (χ0n) is 17.6. The number of morpholine rings is 2. The second-order valence-electron chi connectivity index (χ2n) is 8.67. The van der Waals surface area contributed by atoms with Gasteiger partial charge in [0, 0.05) is 38.3 Å². The Morgan fingerprint density at radius 2 is 2.00 bits per heavy atom. The molecule has 9 nitrogen and oxygen atoms in total. The summed E-state index contributed by atoms with van der Waals surface area (Å²) < 4.78 is 11.2. The minimum absolute atomic E-state index is 0.0656. The lowest BCUT2D eigenvalue weighted by Gasteiger charge is -2.36. The summed E-state index contributed by atoms with van der Waals surface area (Å²) in [5, 5.41) is 3.71. The number of hydrogen-bond donors (Lipinski definition) is 2. The molecule has 2 N–H and O–H groups in total. The van der Waals surface area contributed by atoms with Crippen molar-refractivity contribution >= 4 is 16.8 Å². The first-order valence-corrected chi connectivity index (χ1v) is 11.1. The molecule has 166 valence electrons. The van der Waals surface area contributed by atoms with E-state index in [0.29, 0.717) is 49.5 Å². The van der Waals surface area contributed by atoms with Crippen LogP contribution in [0.25, 0.3) is 10.9 Å². The summed E-state index contributed by atoms with van der Waals surface area (Å²) in [6, 6.07) is 7.31. The van der Waals surface area contributed by atoms with E-state index in [4.69, 9.17) is 9.47 Å². The van der Waals surface area contributed by atoms with Crippen LogP contribution in [0.1, 0.15) is 18.7 Å². The molecule has 9 heteroatoms. The van der Waals surface area contributed by atoms with Crippen LogP contribution in [0.15, 0.2) is 29.1 Å². The third-order valence-electron chi connectivity index (χ3n) is 6.58. The summed E-state index contributed by atoms with van der Waals surface area (Å²) >= 11 is 0. The van der Waals surface area contributed by atoms with Crippen LogP contribution in [0.4, 0.5) is 0 Å². The molecule has 0 bridgehead atoms. The molecule has 3 fully saturated rings. The Bertz CT molecular complexity index is 999. The first kappa shape index (κ1) is 20.6. The fourth-order valence-electron chi connectivity index (χ4n) is 4.58. The van der Waals surface area contributed by atoms with Crippen molar-refractivity contribution in [3.05, 3.63) is 40.4 Å². The SMILES string of the molecule is O=C(NCC1(N2CCOCC2)CC1)C1CN(Cc2nc3ccccc3c(=O)[nH]2)CCO1. The highest BCUT2D eigenvalue weighted by Gasteiger charge is 2.48. The predicted octanol–water partition coefficient (Wildman–Crippen LogP) is 0.105. The van der Waals surface area contributed by atoms with Crippen LogP contribution in [-0.2, 0) is 20.8 Å². The molecular formula is C22H29N5O4. The minimum Gasteiger partial charge on any atom is -0.379 e. The van der Waals surface area contributed by atoms with Gasteiger partial charge in [-0.05, 0) is 25.0 Å². The minimum atomic E-state index is -0.513. The Morgan fingerprint density at radius 1 is 1.19 bits per heavy atom. The number of carbonyl (C=O) groups excluding carboxylic acids is 1. The van der Waals surface area contributed by atoms with E-state index in [0.717, 1.165) is 39.1 Å². The number of hydrogen-bond acceptors (Lipinski definition) is 7. The number of H-pyrrole nitrogens is 1. The number of aromatic amines is 1. The number of nitrogens with zero attached hydrogens (tertiary/aromatic N) is 3. The third-order valence-corrected chi connectivity index (χ3v) is 6.58. The molecule has 31 heavy (non-hydrogen) atoms. The largest absolute Gasteiger partial charge is 0.379 e. The van der Waals surface area contributed by atoms with Crippen LogP contribution >= 0.6 is 0 Å². The normalized spacial score (nSPS) is 24.2. The predicted molar refractivity (Wildman–Crippen MR) is 115 cm³/mol. The number of fused-ring (bicyclic) bond motifs is 1. The van der Waals surface area contributed by atoms with E-state index >= 15 is 0 Å². The molecule has 3 aliphatic rings. The van der Waals surface area contributed by atoms with Gasteiger partial charge >= 0.3 is 0 Å². The lowest BCUT2D eigenvalue weighted by Crippen LogP contribution is -2.54. The molecule has 1 aromatic carbocycles. The summed E-state index contributed by atoms with van der Waals surface area (Å²) in [5.74, 6) is 0.540. The van der Waals surface area contributed by atoms with Crippen molar-refractivity contribution in [3.8, 4) is 0 Å². The fraction of sp³-hybridized carbons (Fsp3) is 0.591. The summed E-state index contributed by atoms with van der Waals surface area (Å²) in [5.41, 5.74) is 0.644. The summed E-state index contributed by atoms with van der Waals surface area (Å²) in [4.78, 5) is 37.1. The molecule has 1 atom stereocenters. The van der Waals surface area contributed by atoms with Gasteiger partial charge in [-0.3, -0.25) is 19.4 Å². The number of benzene rings is 1. The van der Waals surface area contributed by atoms with Crippen LogP contribution in [0.2, 0.25) is 0 Å². The molecule has 3 heterocycles. The van der Waals surface area contributed by atoms with Gasteiger partial charge in [-0.25, -0.2) is 4.98 Å². The number of para-hydroxylation sites is 1. The lowest BCUT2D eigenvalue weighted by atomic mass is 10.2. The topological polar surface area (TPSA) is 99.8 Å². The molecule has 0 radical (unpaired) electrons. The quantitative estimate of drug-likeness (QED) is 0.675. The van der Waals surface area contributed by atoms with Crippen molar-refractivity contribution in [1.82, 2.24) is 25.1 Å². The lowest BCUT2D eigenvalue weighted by molar-refractivity contribution is -0.139. The van der Waals surface area contributed by atoms with Crippen molar-refractivity contribution in [2.45, 2.75) is 31.0 Å². The molecular weight excluding hydrogens is 398 g/mol. The zero-order valence-corrected chi connectivity index (χ0v) is 17.6. The highest BCUT2D eigenvalue weighted by molar-refractivity contribution is 5.81. The van der Waals surface area contributed by atoms with E-state index in [-0.39, 0.29) is 17.0 Å². The van der Waals surface area contributed by atoms with Gasteiger partial charge in [-0.2, -0.15) is 0 Å². The van der Waals surface area contributed by atoms with Gasteiger partial charge in [0.15, 0.2) is 0 Å². The molecule has 2 aliphatic heterocycles. The smallest absolute Gasteiger partial charge is 0.258 e. The fourth-order valence-corrected chi connectivity index (χ4v) is 4.58. The van der Waals surface area contributed by atoms with Crippen molar-refractivity contribution in [2.75, 3.05) is 52.5 Å². The van der Waals surface area contributed by atoms with Crippen LogP contribution in [0, 0.1) is 0 Å². The number of amides is 1. The van der Waals surface area contributed by atoms with Crippen molar-refractivity contribution in [2.24, 2.45) is 0 Å². The Hall–Kier alpha value is -2.33. The highest BCUT2D eigenvalue weighted by Crippen LogP contribution is 2.41. The molecule has 1 amide bonds. The van der Waals surface area contributed by atoms with E-state index in [9.17, 15) is 9.59 Å². The number of aromatic nitrogens is 2. The van der Waals surface area contributed by atoms with Crippen molar-refractivity contribution in [1.29, 1.82) is 0 Å².